The van der Waals surface area contributed by atoms with Gasteiger partial charge in [-0.1, -0.05) is 6.07 Å². The van der Waals surface area contributed by atoms with Gasteiger partial charge in [0.05, 0.1) is 18.2 Å². The van der Waals surface area contributed by atoms with E-state index in [0.29, 0.717) is 30.1 Å². The number of rotatable bonds is 4. The largest absolute Gasteiger partial charge is 0.374 e. The van der Waals surface area contributed by atoms with E-state index < -0.39 is 0 Å². The quantitative estimate of drug-likeness (QED) is 0.412. The predicted molar refractivity (Wildman–Crippen MR) is 114 cm³/mol. The van der Waals surface area contributed by atoms with Crippen molar-refractivity contribution in [2.45, 2.75) is 31.1 Å². The van der Waals surface area contributed by atoms with E-state index >= 15 is 0 Å². The Kier molecular flexibility index (Phi) is 6.28. The Balaban J connectivity index is 0.00000182. The summed E-state index contributed by atoms with van der Waals surface area (Å²) in [5.74, 6) is 2.47. The van der Waals surface area contributed by atoms with Crippen molar-refractivity contribution in [1.29, 1.82) is 0 Å². The summed E-state index contributed by atoms with van der Waals surface area (Å²) in [5, 5.41) is 5.77. The highest BCUT2D eigenvalue weighted by Gasteiger charge is 2.53. The van der Waals surface area contributed by atoms with Crippen LogP contribution in [0.2, 0.25) is 0 Å². The lowest BCUT2D eigenvalue weighted by Crippen LogP contribution is -2.44. The van der Waals surface area contributed by atoms with Crippen LogP contribution in [-0.4, -0.2) is 68.7 Å². The summed E-state index contributed by atoms with van der Waals surface area (Å²) in [4.78, 5) is 10.7. The molecule has 0 amide bonds. The van der Waals surface area contributed by atoms with Crippen molar-refractivity contribution in [3.05, 3.63) is 22.4 Å². The molecular weight excluding hydrogens is 447 g/mol. The number of hydrogen-bond donors (Lipinski definition) is 1. The van der Waals surface area contributed by atoms with Gasteiger partial charge >= 0.3 is 0 Å². The molecule has 2 bridgehead atoms. The number of nitrogens with one attached hydrogen (secondary N) is 1. The number of nitrogens with zero attached hydrogens (tertiary/aromatic N) is 3. The van der Waals surface area contributed by atoms with E-state index in [2.05, 4.69) is 51.7 Å². The zero-order valence-electron chi connectivity index (χ0n) is 15.2. The monoisotopic (exact) mass is 476 g/mol. The molecule has 0 spiro atoms. The van der Waals surface area contributed by atoms with E-state index in [4.69, 9.17) is 4.74 Å². The summed E-state index contributed by atoms with van der Waals surface area (Å²) in [5.41, 5.74) is 0. The fourth-order valence-electron chi connectivity index (χ4n) is 4.67. The Morgan fingerprint density at radius 3 is 2.56 bits per heavy atom. The number of ether oxygens (including phenoxy) is 1. The smallest absolute Gasteiger partial charge is 0.193 e. The average molecular weight is 476 g/mol. The van der Waals surface area contributed by atoms with Crippen molar-refractivity contribution in [3.8, 4) is 0 Å². The van der Waals surface area contributed by atoms with Gasteiger partial charge in [0.1, 0.15) is 0 Å². The van der Waals surface area contributed by atoms with Crippen molar-refractivity contribution >= 4 is 41.3 Å². The van der Waals surface area contributed by atoms with Crippen molar-refractivity contribution < 1.29 is 4.74 Å². The van der Waals surface area contributed by atoms with E-state index in [-0.39, 0.29) is 24.0 Å². The van der Waals surface area contributed by atoms with E-state index in [9.17, 15) is 0 Å². The molecule has 1 aromatic rings. The van der Waals surface area contributed by atoms with Gasteiger partial charge in [0.2, 0.25) is 0 Å². The van der Waals surface area contributed by atoms with Crippen molar-refractivity contribution in [3.63, 3.8) is 0 Å². The van der Waals surface area contributed by atoms with Crippen LogP contribution in [0.15, 0.2) is 22.5 Å². The Morgan fingerprint density at radius 2 is 2.04 bits per heavy atom. The average Bonchev–Trinajstić information content (AvgIpc) is 3.33. The first-order chi connectivity index (χ1) is 11.7. The number of guanidine groups is 1. The van der Waals surface area contributed by atoms with Crippen LogP contribution in [0.1, 0.15) is 23.8 Å². The van der Waals surface area contributed by atoms with Gasteiger partial charge in [-0.2, -0.15) is 0 Å². The molecule has 3 fully saturated rings. The number of fused-ring (bicyclic) bond motifs is 5. The molecule has 1 aromatic heterocycles. The third-order valence-electron chi connectivity index (χ3n) is 5.91. The Labute approximate surface area is 171 Å². The highest BCUT2D eigenvalue weighted by Crippen LogP contribution is 2.47. The summed E-state index contributed by atoms with van der Waals surface area (Å²) in [6, 6.07) is 4.72. The second-order valence-electron chi connectivity index (χ2n) is 7.45. The number of halogens is 1. The van der Waals surface area contributed by atoms with Gasteiger partial charge in [-0.3, -0.25) is 4.99 Å². The van der Waals surface area contributed by atoms with Crippen LogP contribution in [0.5, 0.6) is 0 Å². The first kappa shape index (κ1) is 19.4. The Hall–Kier alpha value is -0.380. The summed E-state index contributed by atoms with van der Waals surface area (Å²) >= 11 is 1.82. The van der Waals surface area contributed by atoms with E-state index in [1.165, 1.54) is 17.7 Å². The van der Waals surface area contributed by atoms with Gasteiger partial charge in [0.25, 0.3) is 0 Å². The van der Waals surface area contributed by atoms with Gasteiger partial charge in [-0.25, -0.2) is 0 Å². The van der Waals surface area contributed by atoms with Crippen molar-refractivity contribution in [2.24, 2.45) is 16.8 Å². The van der Waals surface area contributed by atoms with Gasteiger partial charge in [-0.15, -0.1) is 35.3 Å². The summed E-state index contributed by atoms with van der Waals surface area (Å²) in [6.45, 7) is 3.07. The Bertz CT molecular complexity index is 576. The number of aliphatic imine (C=N–C) groups is 1. The maximum Gasteiger partial charge on any atom is 0.193 e. The molecule has 0 radical (unpaired) electrons. The summed E-state index contributed by atoms with van der Waals surface area (Å²) < 4.78 is 6.09. The number of likely N-dealkylation sites (N-methyl/N-ethyl adjacent to an activating group) is 1. The molecule has 5 unspecified atom stereocenters. The van der Waals surface area contributed by atoms with Gasteiger partial charge in [-0.05, 0) is 38.4 Å². The zero-order valence-corrected chi connectivity index (χ0v) is 18.4. The fourth-order valence-corrected chi connectivity index (χ4v) is 5.59. The van der Waals surface area contributed by atoms with Crippen molar-refractivity contribution in [2.75, 3.05) is 40.8 Å². The molecule has 0 saturated carbocycles. The van der Waals surface area contributed by atoms with Gasteiger partial charge < -0.3 is 19.9 Å². The topological polar surface area (TPSA) is 40.1 Å². The zero-order chi connectivity index (χ0) is 16.7. The first-order valence-electron chi connectivity index (χ1n) is 8.98. The van der Waals surface area contributed by atoms with Crippen LogP contribution < -0.4 is 5.32 Å². The minimum atomic E-state index is 0. The number of likely N-dealkylation sites (tertiary alicyclic amines) is 1. The molecule has 3 aliphatic heterocycles. The van der Waals surface area contributed by atoms with E-state index in [1.54, 1.807) is 0 Å². The van der Waals surface area contributed by atoms with Crippen LogP contribution in [0.25, 0.3) is 0 Å². The summed E-state index contributed by atoms with van der Waals surface area (Å²) in [7, 11) is 6.19. The lowest BCUT2D eigenvalue weighted by atomic mass is 9.82. The standard InChI is InChI=1S/C18H28N4OS.HI/c1-19-18(20-9-14(21(2)3)17-5-4-8-24-17)22-10-12-13(11-22)16-7-6-15(12)23-16;/h4-5,8,12-16H,6-7,9-11H2,1-3H3,(H,19,20);1H. The van der Waals surface area contributed by atoms with Crippen LogP contribution in [-0.2, 0) is 4.74 Å². The third kappa shape index (κ3) is 3.70. The van der Waals surface area contributed by atoms with E-state index in [1.807, 2.05) is 18.4 Å². The molecule has 0 aliphatic carbocycles. The fraction of sp³-hybridized carbons (Fsp3) is 0.722. The van der Waals surface area contributed by atoms with Gasteiger partial charge in [0, 0.05) is 43.4 Å². The SMILES string of the molecule is CN=C(NCC(c1cccs1)N(C)C)N1CC2C3CCC(O3)C2C1.I. The van der Waals surface area contributed by atoms with Crippen molar-refractivity contribution in [1.82, 2.24) is 15.1 Å². The number of hydrogen-bond acceptors (Lipinski definition) is 4. The molecule has 3 saturated heterocycles. The molecule has 25 heavy (non-hydrogen) atoms. The highest BCUT2D eigenvalue weighted by molar-refractivity contribution is 14.0. The van der Waals surface area contributed by atoms with Crippen LogP contribution >= 0.6 is 35.3 Å². The summed E-state index contributed by atoms with van der Waals surface area (Å²) in [6.07, 6.45) is 3.52. The third-order valence-corrected chi connectivity index (χ3v) is 6.89. The second-order valence-corrected chi connectivity index (χ2v) is 8.43. The molecular formula is C18H29IN4OS. The van der Waals surface area contributed by atoms with E-state index in [0.717, 1.165) is 25.6 Å². The van der Waals surface area contributed by atoms with Crippen LogP contribution in [0.3, 0.4) is 0 Å². The van der Waals surface area contributed by atoms with Crippen LogP contribution in [0.4, 0.5) is 0 Å². The minimum absolute atomic E-state index is 0. The molecule has 0 aromatic carbocycles. The maximum atomic E-state index is 6.09. The molecule has 4 rings (SSSR count). The molecule has 5 nitrogen and oxygen atoms in total. The molecule has 5 atom stereocenters. The molecule has 7 heteroatoms. The lowest BCUT2D eigenvalue weighted by molar-refractivity contribution is 0.0767. The molecule has 140 valence electrons. The normalized spacial score (nSPS) is 32.0. The highest BCUT2D eigenvalue weighted by atomic mass is 127. The lowest BCUT2D eigenvalue weighted by Gasteiger charge is -2.28. The number of thiophene rings is 1. The minimum Gasteiger partial charge on any atom is -0.374 e. The Morgan fingerprint density at radius 1 is 1.36 bits per heavy atom. The first-order valence-corrected chi connectivity index (χ1v) is 9.86. The second kappa shape index (κ2) is 8.10. The van der Waals surface area contributed by atoms with Gasteiger partial charge in [0.15, 0.2) is 5.96 Å². The molecule has 1 N–H and O–H groups in total. The maximum absolute atomic E-state index is 6.09. The predicted octanol–water partition coefficient (Wildman–Crippen LogP) is 2.65. The molecule has 3 aliphatic rings. The molecule has 4 heterocycles. The van der Waals surface area contributed by atoms with Crippen LogP contribution in [0, 0.1) is 11.8 Å².